The maximum Gasteiger partial charge on any atom is 0.253 e. The van der Waals surface area contributed by atoms with E-state index in [0.717, 1.165) is 65.3 Å². The van der Waals surface area contributed by atoms with E-state index in [9.17, 15) is 4.79 Å². The lowest BCUT2D eigenvalue weighted by Crippen LogP contribution is -2.48. The van der Waals surface area contributed by atoms with Gasteiger partial charge in [-0.1, -0.05) is 41.4 Å². The molecule has 5 rings (SSSR count). The van der Waals surface area contributed by atoms with Crippen molar-refractivity contribution in [2.45, 2.75) is 33.0 Å². The quantitative estimate of drug-likeness (QED) is 0.352. The molecule has 4 aromatic rings. The molecule has 1 aliphatic rings. The van der Waals surface area contributed by atoms with E-state index in [1.807, 2.05) is 31.2 Å². The molecule has 202 valence electrons. The smallest absolute Gasteiger partial charge is 0.253 e. The van der Waals surface area contributed by atoms with Crippen LogP contribution in [-0.4, -0.2) is 74.9 Å². The van der Waals surface area contributed by atoms with Gasteiger partial charge in [0.05, 0.1) is 18.7 Å². The number of halogens is 2. The summed E-state index contributed by atoms with van der Waals surface area (Å²) in [5.41, 5.74) is 4.71. The van der Waals surface area contributed by atoms with Crippen molar-refractivity contribution in [2.75, 3.05) is 39.9 Å². The number of nitrogens with one attached hydrogen (secondary N) is 1. The number of aromatic nitrogens is 5. The highest BCUT2D eigenvalue weighted by atomic mass is 35.5. The summed E-state index contributed by atoms with van der Waals surface area (Å²) in [5, 5.41) is 14.4. The van der Waals surface area contributed by atoms with Crippen LogP contribution in [0.15, 0.2) is 47.3 Å². The van der Waals surface area contributed by atoms with Gasteiger partial charge in [-0.05, 0) is 59.0 Å². The van der Waals surface area contributed by atoms with E-state index in [1.54, 1.807) is 11.8 Å². The molecule has 0 aliphatic carbocycles. The molecule has 0 amide bonds. The first-order valence-corrected chi connectivity index (χ1v) is 12.9. The third-order valence-electron chi connectivity index (χ3n) is 7.05. The molecule has 1 N–H and O–H groups in total. The van der Waals surface area contributed by atoms with Gasteiger partial charge in [-0.3, -0.25) is 14.6 Å². The van der Waals surface area contributed by atoms with Gasteiger partial charge in [-0.25, -0.2) is 4.68 Å². The second-order valence-corrected chi connectivity index (χ2v) is 10.1. The molecule has 2 aromatic heterocycles. The monoisotopic (exact) mass is 557 g/mol. The first kappa shape index (κ1) is 28.2. The summed E-state index contributed by atoms with van der Waals surface area (Å²) in [6, 6.07) is 13.8. The number of aryl methyl sites for hydroxylation is 2. The van der Waals surface area contributed by atoms with E-state index in [1.165, 1.54) is 0 Å². The molecule has 0 bridgehead atoms. The lowest BCUT2D eigenvalue weighted by atomic mass is 10.00. The second-order valence-electron chi connectivity index (χ2n) is 9.66. The van der Waals surface area contributed by atoms with Gasteiger partial charge in [0.15, 0.2) is 5.82 Å². The molecule has 0 saturated carbocycles. The van der Waals surface area contributed by atoms with Gasteiger partial charge in [0.25, 0.3) is 5.56 Å². The van der Waals surface area contributed by atoms with Crippen LogP contribution in [0.4, 0.5) is 0 Å². The van der Waals surface area contributed by atoms with Crippen molar-refractivity contribution in [2.24, 2.45) is 0 Å². The van der Waals surface area contributed by atoms with Crippen molar-refractivity contribution < 1.29 is 4.74 Å². The molecular weight excluding hydrogens is 525 g/mol. The summed E-state index contributed by atoms with van der Waals surface area (Å²) in [5.74, 6) is 0.644. The van der Waals surface area contributed by atoms with Crippen LogP contribution in [0.3, 0.4) is 0 Å². The number of benzene rings is 2. The molecule has 11 heteroatoms. The number of aromatic amines is 1. The summed E-state index contributed by atoms with van der Waals surface area (Å²) in [6.45, 7) is 9.06. The zero-order valence-corrected chi connectivity index (χ0v) is 23.4. The number of fused-ring (bicyclic) bond motifs is 1. The van der Waals surface area contributed by atoms with Gasteiger partial charge in [0.1, 0.15) is 6.04 Å². The average Bonchev–Trinajstić information content (AvgIpc) is 3.34. The summed E-state index contributed by atoms with van der Waals surface area (Å²) >= 11 is 6.41. The fourth-order valence-corrected chi connectivity index (χ4v) is 5.39. The van der Waals surface area contributed by atoms with Crippen molar-refractivity contribution in [1.29, 1.82) is 0 Å². The largest absolute Gasteiger partial charge is 0.383 e. The Bertz CT molecular complexity index is 1450. The Morgan fingerprint density at radius 2 is 1.87 bits per heavy atom. The number of methoxy groups -OCH3 is 1. The Hall–Kier alpha value is -2.82. The van der Waals surface area contributed by atoms with Gasteiger partial charge in [0, 0.05) is 50.4 Å². The van der Waals surface area contributed by atoms with Crippen LogP contribution < -0.4 is 5.56 Å². The molecule has 1 fully saturated rings. The van der Waals surface area contributed by atoms with Crippen LogP contribution in [0.1, 0.15) is 34.1 Å². The fourth-order valence-electron chi connectivity index (χ4n) is 5.20. The van der Waals surface area contributed by atoms with E-state index in [-0.39, 0.29) is 24.0 Å². The minimum Gasteiger partial charge on any atom is -0.383 e. The van der Waals surface area contributed by atoms with Crippen LogP contribution >= 0.6 is 24.0 Å². The normalized spacial score (nSPS) is 15.5. The van der Waals surface area contributed by atoms with Crippen LogP contribution in [0, 0.1) is 13.8 Å². The number of pyridine rings is 1. The zero-order valence-electron chi connectivity index (χ0n) is 21.9. The van der Waals surface area contributed by atoms with Crippen molar-refractivity contribution in [3.05, 3.63) is 85.9 Å². The number of nitrogens with zero attached hydrogens (tertiary/aromatic N) is 6. The van der Waals surface area contributed by atoms with Crippen LogP contribution in [-0.2, 0) is 17.8 Å². The van der Waals surface area contributed by atoms with Gasteiger partial charge in [-0.2, -0.15) is 0 Å². The third kappa shape index (κ3) is 5.92. The number of H-pyrrole nitrogens is 1. The molecule has 9 nitrogen and oxygen atoms in total. The van der Waals surface area contributed by atoms with E-state index in [0.29, 0.717) is 24.5 Å². The minimum absolute atomic E-state index is 0. The van der Waals surface area contributed by atoms with Gasteiger partial charge in [-0.15, -0.1) is 17.5 Å². The second kappa shape index (κ2) is 12.4. The highest BCUT2D eigenvalue weighted by Gasteiger charge is 2.32. The lowest BCUT2D eigenvalue weighted by molar-refractivity contribution is 0.0985. The van der Waals surface area contributed by atoms with E-state index in [4.69, 9.17) is 16.3 Å². The zero-order chi connectivity index (χ0) is 25.9. The lowest BCUT2D eigenvalue weighted by Gasteiger charge is -2.38. The SMILES string of the molecule is COCCn1nnnc1C(c1cc2cc(C)cc(C)c2[nH]c1=O)N1CCN(Cc2ccccc2Cl)CC1.Cl. The van der Waals surface area contributed by atoms with Crippen LogP contribution in [0.5, 0.6) is 0 Å². The Kier molecular flexibility index (Phi) is 9.17. The molecule has 1 atom stereocenters. The number of hydrogen-bond acceptors (Lipinski definition) is 7. The van der Waals surface area contributed by atoms with Crippen LogP contribution in [0.2, 0.25) is 5.02 Å². The van der Waals surface area contributed by atoms with Crippen LogP contribution in [0.25, 0.3) is 10.9 Å². The predicted octanol–water partition coefficient (Wildman–Crippen LogP) is 3.76. The Labute approximate surface area is 233 Å². The number of rotatable bonds is 8. The third-order valence-corrected chi connectivity index (χ3v) is 7.42. The van der Waals surface area contributed by atoms with E-state index >= 15 is 0 Å². The summed E-state index contributed by atoms with van der Waals surface area (Å²) in [6.07, 6.45) is 0. The maximum absolute atomic E-state index is 13.5. The highest BCUT2D eigenvalue weighted by Crippen LogP contribution is 2.29. The van der Waals surface area contributed by atoms with Gasteiger partial charge < -0.3 is 9.72 Å². The van der Waals surface area contributed by atoms with E-state index in [2.05, 4.69) is 55.4 Å². The molecule has 0 spiro atoms. The molecule has 1 aliphatic heterocycles. The molecule has 38 heavy (non-hydrogen) atoms. The molecule has 0 radical (unpaired) electrons. The highest BCUT2D eigenvalue weighted by molar-refractivity contribution is 6.31. The Morgan fingerprint density at radius 1 is 1.11 bits per heavy atom. The maximum atomic E-state index is 13.5. The molecular formula is C27H33Cl2N7O2. The van der Waals surface area contributed by atoms with Crippen molar-refractivity contribution in [3.63, 3.8) is 0 Å². The first-order chi connectivity index (χ1) is 17.9. The van der Waals surface area contributed by atoms with Gasteiger partial charge >= 0.3 is 0 Å². The fraction of sp³-hybridized carbons (Fsp3) is 0.407. The molecule has 3 heterocycles. The number of hydrogen-bond donors (Lipinski definition) is 1. The number of piperazine rings is 1. The van der Waals surface area contributed by atoms with E-state index < -0.39 is 0 Å². The average molecular weight is 559 g/mol. The topological polar surface area (TPSA) is 92.2 Å². The minimum atomic E-state index is -0.386. The van der Waals surface area contributed by atoms with Crippen molar-refractivity contribution in [1.82, 2.24) is 35.0 Å². The summed E-state index contributed by atoms with van der Waals surface area (Å²) in [7, 11) is 1.65. The standard InChI is InChI=1S/C27H32ClN7O2.ClH/c1-18-14-19(2)24-21(15-18)16-22(27(36)29-24)25(26-30-31-32-35(26)12-13-37-3)34-10-8-33(9-11-34)17-20-6-4-5-7-23(20)28;/h4-7,14-16,25H,8-13,17H2,1-3H3,(H,29,36);1H. The molecule has 1 saturated heterocycles. The molecule has 1 unspecified atom stereocenters. The molecule has 2 aromatic carbocycles. The van der Waals surface area contributed by atoms with Gasteiger partial charge in [0.2, 0.25) is 0 Å². The Balaban J connectivity index is 0.00000336. The summed E-state index contributed by atoms with van der Waals surface area (Å²) < 4.78 is 7.02. The predicted molar refractivity (Wildman–Crippen MR) is 151 cm³/mol. The Morgan fingerprint density at radius 3 is 2.61 bits per heavy atom. The first-order valence-electron chi connectivity index (χ1n) is 12.5. The number of tetrazole rings is 1. The van der Waals surface area contributed by atoms with Crippen molar-refractivity contribution in [3.8, 4) is 0 Å². The number of ether oxygens (including phenoxy) is 1. The van der Waals surface area contributed by atoms with Crippen molar-refractivity contribution >= 4 is 34.9 Å². The summed E-state index contributed by atoms with van der Waals surface area (Å²) in [4.78, 5) is 21.3.